The third-order valence-electron chi connectivity index (χ3n) is 2.91. The zero-order valence-electron chi connectivity index (χ0n) is 9.62. The standard InChI is InChI=1S/C11H14ClFN2O2S/c12-10-5-9(13)1-2-11(10)18(16,17)15-7-8-3-4-14-6-8/h1-2,5,8,14-15H,3-4,6-7H2. The van der Waals surface area contributed by atoms with Crippen LogP contribution in [0.3, 0.4) is 0 Å². The monoisotopic (exact) mass is 292 g/mol. The molecule has 100 valence electrons. The molecule has 1 aromatic carbocycles. The van der Waals surface area contributed by atoms with Crippen LogP contribution in [0.4, 0.5) is 4.39 Å². The van der Waals surface area contributed by atoms with Gasteiger partial charge in [-0.3, -0.25) is 0 Å². The Hall–Kier alpha value is -0.690. The Morgan fingerprint density at radius 1 is 1.50 bits per heavy atom. The van der Waals surface area contributed by atoms with Gasteiger partial charge in [-0.2, -0.15) is 0 Å². The molecule has 2 rings (SSSR count). The zero-order chi connectivity index (χ0) is 13.2. The Morgan fingerprint density at radius 2 is 2.28 bits per heavy atom. The zero-order valence-corrected chi connectivity index (χ0v) is 11.2. The number of benzene rings is 1. The molecule has 7 heteroatoms. The number of hydrogen-bond donors (Lipinski definition) is 2. The lowest BCUT2D eigenvalue weighted by atomic mass is 10.1. The number of hydrogen-bond acceptors (Lipinski definition) is 3. The molecule has 0 aromatic heterocycles. The highest BCUT2D eigenvalue weighted by Crippen LogP contribution is 2.22. The summed E-state index contributed by atoms with van der Waals surface area (Å²) in [7, 11) is -3.67. The Bertz CT molecular complexity index is 530. The molecule has 0 radical (unpaired) electrons. The Balaban J connectivity index is 2.09. The van der Waals surface area contributed by atoms with Gasteiger partial charge in [-0.1, -0.05) is 11.6 Å². The minimum absolute atomic E-state index is 0.0866. The minimum atomic E-state index is -3.67. The molecule has 2 N–H and O–H groups in total. The molecule has 1 fully saturated rings. The molecule has 1 aromatic rings. The van der Waals surface area contributed by atoms with Gasteiger partial charge in [0, 0.05) is 6.54 Å². The van der Waals surface area contributed by atoms with E-state index < -0.39 is 15.8 Å². The average Bonchev–Trinajstić information content (AvgIpc) is 2.78. The fraction of sp³-hybridized carbons (Fsp3) is 0.455. The Kier molecular flexibility index (Phi) is 4.21. The van der Waals surface area contributed by atoms with Gasteiger partial charge >= 0.3 is 0 Å². The van der Waals surface area contributed by atoms with Crippen molar-refractivity contribution in [1.29, 1.82) is 0 Å². The smallest absolute Gasteiger partial charge is 0.242 e. The predicted molar refractivity (Wildman–Crippen MR) is 67.6 cm³/mol. The lowest BCUT2D eigenvalue weighted by molar-refractivity contribution is 0.538. The van der Waals surface area contributed by atoms with Gasteiger partial charge in [-0.15, -0.1) is 0 Å². The van der Waals surface area contributed by atoms with Crippen LogP contribution >= 0.6 is 11.6 Å². The third kappa shape index (κ3) is 3.20. The molecular weight excluding hydrogens is 279 g/mol. The van der Waals surface area contributed by atoms with Gasteiger partial charge < -0.3 is 5.32 Å². The van der Waals surface area contributed by atoms with Crippen molar-refractivity contribution in [1.82, 2.24) is 10.0 Å². The number of sulfonamides is 1. The number of rotatable bonds is 4. The first kappa shape index (κ1) is 13.7. The van der Waals surface area contributed by atoms with E-state index in [1.165, 1.54) is 6.07 Å². The molecule has 1 unspecified atom stereocenters. The van der Waals surface area contributed by atoms with Gasteiger partial charge in [-0.25, -0.2) is 17.5 Å². The first-order valence-electron chi connectivity index (χ1n) is 5.64. The van der Waals surface area contributed by atoms with E-state index in [-0.39, 0.29) is 9.92 Å². The quantitative estimate of drug-likeness (QED) is 0.881. The van der Waals surface area contributed by atoms with E-state index in [2.05, 4.69) is 10.0 Å². The summed E-state index contributed by atoms with van der Waals surface area (Å²) in [5.74, 6) is -0.266. The van der Waals surface area contributed by atoms with Crippen LogP contribution in [-0.4, -0.2) is 28.1 Å². The van der Waals surface area contributed by atoms with Crippen molar-refractivity contribution in [3.05, 3.63) is 29.0 Å². The van der Waals surface area contributed by atoms with Crippen molar-refractivity contribution in [2.24, 2.45) is 5.92 Å². The van der Waals surface area contributed by atoms with Crippen LogP contribution in [0.25, 0.3) is 0 Å². The minimum Gasteiger partial charge on any atom is -0.316 e. The summed E-state index contributed by atoms with van der Waals surface area (Å²) in [4.78, 5) is -0.0866. The molecule has 0 spiro atoms. The maximum Gasteiger partial charge on any atom is 0.242 e. The maximum absolute atomic E-state index is 12.9. The van der Waals surface area contributed by atoms with Crippen molar-refractivity contribution in [3.63, 3.8) is 0 Å². The van der Waals surface area contributed by atoms with Crippen LogP contribution < -0.4 is 10.0 Å². The van der Waals surface area contributed by atoms with Gasteiger partial charge in [0.15, 0.2) is 0 Å². The number of nitrogens with one attached hydrogen (secondary N) is 2. The summed E-state index contributed by atoms with van der Waals surface area (Å²) in [6, 6.07) is 3.25. The molecular formula is C11H14ClFN2O2S. The summed E-state index contributed by atoms with van der Waals surface area (Å²) in [6.45, 7) is 2.08. The number of halogens is 2. The highest BCUT2D eigenvalue weighted by atomic mass is 35.5. The summed E-state index contributed by atoms with van der Waals surface area (Å²) in [6.07, 6.45) is 0.944. The first-order chi connectivity index (χ1) is 8.49. The highest BCUT2D eigenvalue weighted by Gasteiger charge is 2.21. The molecule has 1 atom stereocenters. The van der Waals surface area contributed by atoms with E-state index in [1.807, 2.05) is 0 Å². The van der Waals surface area contributed by atoms with E-state index in [1.54, 1.807) is 0 Å². The van der Waals surface area contributed by atoms with Gasteiger partial charge in [0.1, 0.15) is 10.7 Å². The van der Waals surface area contributed by atoms with Crippen molar-refractivity contribution in [2.75, 3.05) is 19.6 Å². The van der Waals surface area contributed by atoms with Crippen LogP contribution in [0.15, 0.2) is 23.1 Å². The molecule has 0 aliphatic carbocycles. The summed E-state index contributed by atoms with van der Waals surface area (Å²) in [5, 5.41) is 3.05. The van der Waals surface area contributed by atoms with E-state index in [9.17, 15) is 12.8 Å². The SMILES string of the molecule is O=S(=O)(NCC1CCNC1)c1ccc(F)cc1Cl. The molecule has 0 amide bonds. The van der Waals surface area contributed by atoms with E-state index in [0.717, 1.165) is 31.6 Å². The largest absolute Gasteiger partial charge is 0.316 e. The lowest BCUT2D eigenvalue weighted by Gasteiger charge is -2.11. The van der Waals surface area contributed by atoms with Gasteiger partial charge in [0.2, 0.25) is 10.0 Å². The van der Waals surface area contributed by atoms with Gasteiger partial charge in [0.25, 0.3) is 0 Å². The summed E-state index contributed by atoms with van der Waals surface area (Å²) in [5.41, 5.74) is 0. The third-order valence-corrected chi connectivity index (χ3v) is 4.81. The van der Waals surface area contributed by atoms with Crippen LogP contribution in [0.1, 0.15) is 6.42 Å². The van der Waals surface area contributed by atoms with Crippen molar-refractivity contribution >= 4 is 21.6 Å². The predicted octanol–water partition coefficient (Wildman–Crippen LogP) is 1.37. The fourth-order valence-electron chi connectivity index (χ4n) is 1.89. The average molecular weight is 293 g/mol. The molecule has 18 heavy (non-hydrogen) atoms. The van der Waals surface area contributed by atoms with Crippen molar-refractivity contribution in [2.45, 2.75) is 11.3 Å². The second-order valence-corrected chi connectivity index (χ2v) is 6.43. The van der Waals surface area contributed by atoms with E-state index in [4.69, 9.17) is 11.6 Å². The molecule has 1 aliphatic heterocycles. The molecule has 1 heterocycles. The molecule has 1 saturated heterocycles. The first-order valence-corrected chi connectivity index (χ1v) is 7.50. The topological polar surface area (TPSA) is 58.2 Å². The second-order valence-electron chi connectivity index (χ2n) is 4.29. The van der Waals surface area contributed by atoms with Crippen LogP contribution in [0, 0.1) is 11.7 Å². The van der Waals surface area contributed by atoms with Gasteiger partial charge in [0.05, 0.1) is 5.02 Å². The lowest BCUT2D eigenvalue weighted by Crippen LogP contribution is -2.30. The van der Waals surface area contributed by atoms with Crippen molar-refractivity contribution < 1.29 is 12.8 Å². The molecule has 0 bridgehead atoms. The van der Waals surface area contributed by atoms with Crippen LogP contribution in [0.5, 0.6) is 0 Å². The maximum atomic E-state index is 12.9. The highest BCUT2D eigenvalue weighted by molar-refractivity contribution is 7.89. The Labute approximate surface area is 111 Å². The van der Waals surface area contributed by atoms with Gasteiger partial charge in [-0.05, 0) is 43.6 Å². The van der Waals surface area contributed by atoms with Crippen molar-refractivity contribution in [3.8, 4) is 0 Å². The molecule has 1 aliphatic rings. The van der Waals surface area contributed by atoms with E-state index >= 15 is 0 Å². The normalized spacial score (nSPS) is 20.2. The van der Waals surface area contributed by atoms with E-state index in [0.29, 0.717) is 12.5 Å². The molecule has 0 saturated carbocycles. The van der Waals surface area contributed by atoms with Crippen LogP contribution in [-0.2, 0) is 10.0 Å². The molecule has 4 nitrogen and oxygen atoms in total. The summed E-state index contributed by atoms with van der Waals surface area (Å²) >= 11 is 5.74. The van der Waals surface area contributed by atoms with Crippen LogP contribution in [0.2, 0.25) is 5.02 Å². The Morgan fingerprint density at radius 3 is 2.89 bits per heavy atom. The summed E-state index contributed by atoms with van der Waals surface area (Å²) < 4.78 is 39.3. The fourth-order valence-corrected chi connectivity index (χ4v) is 3.53. The second kappa shape index (κ2) is 5.52.